The molecule has 118 valence electrons. The van der Waals surface area contributed by atoms with E-state index in [1.807, 2.05) is 0 Å². The Kier molecular flexibility index (Phi) is 3.90. The van der Waals surface area contributed by atoms with Gasteiger partial charge in [0, 0.05) is 21.3 Å². The van der Waals surface area contributed by atoms with Crippen molar-refractivity contribution < 1.29 is 0 Å². The van der Waals surface area contributed by atoms with Crippen molar-refractivity contribution >= 4 is 50.6 Å². The van der Waals surface area contributed by atoms with Crippen LogP contribution in [0.4, 0.5) is 5.69 Å². The highest BCUT2D eigenvalue weighted by molar-refractivity contribution is 6.45. The number of nitrogens with zero attached hydrogens (tertiary/aromatic N) is 2. The van der Waals surface area contributed by atoms with E-state index in [-0.39, 0.29) is 11.1 Å². The van der Waals surface area contributed by atoms with Gasteiger partial charge in [-0.1, -0.05) is 17.7 Å². The quantitative estimate of drug-likeness (QED) is 0.253. The van der Waals surface area contributed by atoms with Gasteiger partial charge in [0.25, 0.3) is 0 Å². The number of amidine groups is 1. The van der Waals surface area contributed by atoms with E-state index < -0.39 is 5.84 Å². The Balaban J connectivity index is 2.23. The molecule has 3 aromatic rings. The predicted octanol–water partition coefficient (Wildman–Crippen LogP) is 2.56. The Morgan fingerprint density at radius 3 is 2.83 bits per heavy atom. The molecule has 0 fully saturated rings. The molecule has 0 radical (unpaired) electrons. The molecule has 0 aliphatic heterocycles. The van der Waals surface area contributed by atoms with Gasteiger partial charge in [0.2, 0.25) is 5.71 Å². The molecule has 0 aliphatic carbocycles. The number of hydrogen-bond acceptors (Lipinski definition) is 5. The molecule has 3 rings (SSSR count). The second-order valence-electron chi connectivity index (χ2n) is 4.97. The summed E-state index contributed by atoms with van der Waals surface area (Å²) >= 11 is 5.96. The Bertz CT molecular complexity index is 1110. The molecule has 0 saturated carbocycles. The van der Waals surface area contributed by atoms with Gasteiger partial charge in [0.05, 0.1) is 11.2 Å². The molecule has 8 heteroatoms. The van der Waals surface area contributed by atoms with E-state index in [4.69, 9.17) is 28.0 Å². The van der Waals surface area contributed by atoms with Crippen molar-refractivity contribution in [1.82, 2.24) is 4.98 Å². The van der Waals surface area contributed by atoms with Gasteiger partial charge >= 0.3 is 0 Å². The first kappa shape index (κ1) is 15.5. The van der Waals surface area contributed by atoms with Crippen LogP contribution >= 0.6 is 11.6 Å². The zero-order valence-corrected chi connectivity index (χ0v) is 13.0. The summed E-state index contributed by atoms with van der Waals surface area (Å²) in [5.74, 6) is -0.446. The summed E-state index contributed by atoms with van der Waals surface area (Å²) in [4.78, 5) is 15.8. The Morgan fingerprint density at radius 2 is 2.12 bits per heavy atom. The fourth-order valence-corrected chi connectivity index (χ4v) is 2.50. The van der Waals surface area contributed by atoms with Crippen molar-refractivity contribution in [3.63, 3.8) is 0 Å². The average Bonchev–Trinajstić information content (AvgIpc) is 2.56. The van der Waals surface area contributed by atoms with E-state index in [1.165, 1.54) is 0 Å². The number of halogens is 1. The third-order valence-corrected chi connectivity index (χ3v) is 3.68. The topological polar surface area (TPSA) is 131 Å². The second-order valence-corrected chi connectivity index (χ2v) is 5.41. The van der Waals surface area contributed by atoms with Crippen LogP contribution in [-0.4, -0.2) is 16.5 Å². The molecule has 1 aromatic heterocycles. The summed E-state index contributed by atoms with van der Waals surface area (Å²) in [6.07, 6.45) is 0. The molecule has 0 aliphatic rings. The van der Waals surface area contributed by atoms with Crippen LogP contribution in [0.5, 0.6) is 0 Å². The van der Waals surface area contributed by atoms with Crippen LogP contribution in [0, 0.1) is 16.7 Å². The first-order valence-corrected chi connectivity index (χ1v) is 7.21. The van der Waals surface area contributed by atoms with Crippen molar-refractivity contribution in [2.75, 3.05) is 5.43 Å². The van der Waals surface area contributed by atoms with Crippen molar-refractivity contribution in [2.45, 2.75) is 0 Å². The maximum atomic E-state index is 12.6. The molecule has 7 nitrogen and oxygen atoms in total. The van der Waals surface area contributed by atoms with Crippen molar-refractivity contribution in [2.24, 2.45) is 10.8 Å². The minimum absolute atomic E-state index is 0.166. The summed E-state index contributed by atoms with van der Waals surface area (Å²) in [6, 6.07) is 11.8. The van der Waals surface area contributed by atoms with E-state index in [0.717, 1.165) is 0 Å². The average molecular weight is 339 g/mol. The number of para-hydroxylation sites is 1. The molecule has 1 heterocycles. The lowest BCUT2D eigenvalue weighted by Gasteiger charge is -2.08. The van der Waals surface area contributed by atoms with Crippen LogP contribution in [0.25, 0.3) is 21.8 Å². The van der Waals surface area contributed by atoms with Crippen molar-refractivity contribution in [3.05, 3.63) is 51.6 Å². The number of nitrogens with two attached hydrogens (primary N) is 1. The van der Waals surface area contributed by atoms with Crippen LogP contribution in [0.15, 0.2) is 46.3 Å². The number of nitriles is 1. The Labute approximate surface area is 140 Å². The van der Waals surface area contributed by atoms with Crippen LogP contribution in [0.1, 0.15) is 0 Å². The van der Waals surface area contributed by atoms with Gasteiger partial charge in [0.15, 0.2) is 11.3 Å². The standard InChI is InChI=1S/C16H11ClN6O/c17-8-4-5-11-10(6-8)15(24)9-2-1-3-12(14(9)21-11)22-23-13(7-18)16(19)20/h1-6,22H,(H3,19,20)(H,21,24)/b23-13+. The lowest BCUT2D eigenvalue weighted by molar-refractivity contribution is 1.33. The largest absolute Gasteiger partial charge is 0.382 e. The number of rotatable bonds is 3. The molecule has 0 spiro atoms. The van der Waals surface area contributed by atoms with Crippen LogP contribution in [0.2, 0.25) is 5.02 Å². The molecule has 0 bridgehead atoms. The number of aromatic amines is 1. The molecule has 0 saturated heterocycles. The lowest BCUT2D eigenvalue weighted by Crippen LogP contribution is -2.22. The monoisotopic (exact) mass is 338 g/mol. The number of aromatic nitrogens is 1. The summed E-state index contributed by atoms with van der Waals surface area (Å²) in [5.41, 5.74) is 9.15. The SMILES string of the molecule is N#C/C(=N\Nc1cccc2c(=O)c3cc(Cl)ccc3[nH]c12)C(=N)N. The van der Waals surface area contributed by atoms with Gasteiger partial charge in [-0.2, -0.15) is 10.4 Å². The van der Waals surface area contributed by atoms with Gasteiger partial charge in [-0.3, -0.25) is 15.6 Å². The lowest BCUT2D eigenvalue weighted by atomic mass is 10.1. The van der Waals surface area contributed by atoms with Gasteiger partial charge in [0.1, 0.15) is 6.07 Å². The minimum atomic E-state index is -0.446. The number of nitrogens with one attached hydrogen (secondary N) is 3. The van der Waals surface area contributed by atoms with E-state index in [1.54, 1.807) is 42.5 Å². The second kappa shape index (κ2) is 6.02. The highest BCUT2D eigenvalue weighted by atomic mass is 35.5. The number of fused-ring (bicyclic) bond motifs is 2. The van der Waals surface area contributed by atoms with Gasteiger partial charge in [-0.05, 0) is 30.3 Å². The van der Waals surface area contributed by atoms with Crippen molar-refractivity contribution in [1.29, 1.82) is 10.7 Å². The fourth-order valence-electron chi connectivity index (χ4n) is 2.32. The van der Waals surface area contributed by atoms with Crippen LogP contribution in [0.3, 0.4) is 0 Å². The molecule has 0 unspecified atom stereocenters. The van der Waals surface area contributed by atoms with Crippen LogP contribution < -0.4 is 16.6 Å². The molecule has 24 heavy (non-hydrogen) atoms. The van der Waals surface area contributed by atoms with E-state index in [0.29, 0.717) is 32.5 Å². The number of benzene rings is 2. The zero-order valence-electron chi connectivity index (χ0n) is 12.2. The van der Waals surface area contributed by atoms with Gasteiger partial charge in [-0.25, -0.2) is 0 Å². The number of pyridine rings is 1. The number of hydrazone groups is 1. The number of H-pyrrole nitrogens is 1. The van der Waals surface area contributed by atoms with Crippen LogP contribution in [-0.2, 0) is 0 Å². The third-order valence-electron chi connectivity index (χ3n) is 3.44. The molecule has 5 N–H and O–H groups in total. The molecular formula is C16H11ClN6O. The van der Waals surface area contributed by atoms with Crippen molar-refractivity contribution in [3.8, 4) is 6.07 Å². The molecule has 2 aromatic carbocycles. The number of hydrogen-bond donors (Lipinski definition) is 4. The Morgan fingerprint density at radius 1 is 1.33 bits per heavy atom. The normalized spacial score (nSPS) is 11.4. The number of anilines is 1. The first-order chi connectivity index (χ1) is 11.5. The first-order valence-electron chi connectivity index (χ1n) is 6.83. The molecule has 0 amide bonds. The Hall–Kier alpha value is -3.37. The highest BCUT2D eigenvalue weighted by Crippen LogP contribution is 2.23. The third kappa shape index (κ3) is 2.66. The van der Waals surface area contributed by atoms with Gasteiger partial charge in [-0.15, -0.1) is 0 Å². The smallest absolute Gasteiger partial charge is 0.201 e. The van der Waals surface area contributed by atoms with E-state index in [2.05, 4.69) is 15.5 Å². The summed E-state index contributed by atoms with van der Waals surface area (Å²) in [6.45, 7) is 0. The maximum Gasteiger partial charge on any atom is 0.201 e. The van der Waals surface area contributed by atoms with E-state index >= 15 is 0 Å². The highest BCUT2D eigenvalue weighted by Gasteiger charge is 2.09. The molecular weight excluding hydrogens is 328 g/mol. The molecule has 0 atom stereocenters. The summed E-state index contributed by atoms with van der Waals surface area (Å²) < 4.78 is 0. The summed E-state index contributed by atoms with van der Waals surface area (Å²) in [7, 11) is 0. The minimum Gasteiger partial charge on any atom is -0.382 e. The fraction of sp³-hybridized carbons (Fsp3) is 0. The zero-order chi connectivity index (χ0) is 17.3. The maximum absolute atomic E-state index is 12.6. The predicted molar refractivity (Wildman–Crippen MR) is 95.7 cm³/mol. The van der Waals surface area contributed by atoms with Gasteiger partial charge < -0.3 is 10.7 Å². The summed E-state index contributed by atoms with van der Waals surface area (Å²) in [5, 5.41) is 21.4. The van der Waals surface area contributed by atoms with E-state index in [9.17, 15) is 4.79 Å².